The van der Waals surface area contributed by atoms with Crippen LogP contribution in [-0.2, 0) is 18.4 Å². The molecule has 1 aromatic heterocycles. The summed E-state index contributed by atoms with van der Waals surface area (Å²) < 4.78 is 2.19. The van der Waals surface area contributed by atoms with Crippen molar-refractivity contribution in [2.75, 3.05) is 44.2 Å². The van der Waals surface area contributed by atoms with Crippen molar-refractivity contribution in [3.63, 3.8) is 0 Å². The van der Waals surface area contributed by atoms with Crippen molar-refractivity contribution in [1.82, 2.24) is 19.4 Å². The highest BCUT2D eigenvalue weighted by molar-refractivity contribution is 5.79. The first-order valence-electron chi connectivity index (χ1n) is 11.8. The van der Waals surface area contributed by atoms with Crippen LogP contribution < -0.4 is 4.90 Å². The zero-order chi connectivity index (χ0) is 22.1. The van der Waals surface area contributed by atoms with Crippen LogP contribution >= 0.6 is 0 Å². The lowest BCUT2D eigenvalue weighted by Gasteiger charge is -2.39. The van der Waals surface area contributed by atoms with Gasteiger partial charge >= 0.3 is 0 Å². The Labute approximate surface area is 190 Å². The number of imidazole rings is 1. The zero-order valence-electron chi connectivity index (χ0n) is 19.2. The van der Waals surface area contributed by atoms with Crippen molar-refractivity contribution in [3.05, 3.63) is 59.9 Å². The molecule has 5 rings (SSSR count). The van der Waals surface area contributed by atoms with Crippen LogP contribution in [0, 0.1) is 12.8 Å². The molecule has 32 heavy (non-hydrogen) atoms. The van der Waals surface area contributed by atoms with E-state index in [4.69, 9.17) is 4.98 Å². The highest BCUT2D eigenvalue weighted by atomic mass is 16.2. The van der Waals surface area contributed by atoms with Gasteiger partial charge in [0.25, 0.3) is 0 Å². The summed E-state index contributed by atoms with van der Waals surface area (Å²) >= 11 is 0. The summed E-state index contributed by atoms with van der Waals surface area (Å²) in [6, 6.07) is 17.0. The molecule has 0 spiro atoms. The van der Waals surface area contributed by atoms with Crippen LogP contribution in [0.25, 0.3) is 11.0 Å². The van der Waals surface area contributed by atoms with E-state index in [-0.39, 0.29) is 5.92 Å². The predicted octanol–water partition coefficient (Wildman–Crippen LogP) is 3.44. The molecule has 6 heteroatoms. The maximum Gasteiger partial charge on any atom is 0.227 e. The average molecular weight is 432 g/mol. The van der Waals surface area contributed by atoms with E-state index < -0.39 is 0 Å². The number of piperazine rings is 1. The first-order chi connectivity index (χ1) is 15.6. The lowest BCUT2D eigenvalue weighted by Crippen LogP contribution is -2.52. The van der Waals surface area contributed by atoms with Crippen LogP contribution in [0.1, 0.15) is 24.2 Å². The first-order valence-corrected chi connectivity index (χ1v) is 11.8. The number of benzene rings is 2. The van der Waals surface area contributed by atoms with Gasteiger partial charge in [0.2, 0.25) is 5.91 Å². The first kappa shape index (κ1) is 21.0. The van der Waals surface area contributed by atoms with Gasteiger partial charge in [-0.15, -0.1) is 0 Å². The fourth-order valence-electron chi connectivity index (χ4n) is 5.14. The lowest BCUT2D eigenvalue weighted by molar-refractivity contribution is -0.137. The van der Waals surface area contributed by atoms with Crippen LogP contribution in [-0.4, -0.2) is 64.5 Å². The third-order valence-electron chi connectivity index (χ3n) is 7.09. The summed E-state index contributed by atoms with van der Waals surface area (Å²) in [6.45, 7) is 8.23. The van der Waals surface area contributed by atoms with E-state index in [1.807, 2.05) is 6.07 Å². The number of rotatable bonds is 4. The number of piperidine rings is 1. The Hall–Kier alpha value is -2.86. The molecule has 1 atom stereocenters. The zero-order valence-corrected chi connectivity index (χ0v) is 19.2. The van der Waals surface area contributed by atoms with Crippen LogP contribution in [0.2, 0.25) is 0 Å². The van der Waals surface area contributed by atoms with E-state index in [0.29, 0.717) is 5.91 Å². The number of aryl methyl sites for hydroxylation is 2. The minimum atomic E-state index is 0.101. The second kappa shape index (κ2) is 8.94. The van der Waals surface area contributed by atoms with Crippen molar-refractivity contribution in [2.45, 2.75) is 26.3 Å². The van der Waals surface area contributed by atoms with E-state index >= 15 is 0 Å². The number of likely N-dealkylation sites (tertiary alicyclic amines) is 1. The van der Waals surface area contributed by atoms with Crippen LogP contribution in [0.4, 0.5) is 5.69 Å². The topological polar surface area (TPSA) is 44.6 Å². The van der Waals surface area contributed by atoms with Gasteiger partial charge < -0.3 is 14.4 Å². The quantitative estimate of drug-likeness (QED) is 0.635. The summed E-state index contributed by atoms with van der Waals surface area (Å²) in [4.78, 5) is 25.0. The molecule has 2 aliphatic heterocycles. The maximum absolute atomic E-state index is 13.3. The molecule has 2 saturated heterocycles. The molecule has 2 aliphatic rings. The summed E-state index contributed by atoms with van der Waals surface area (Å²) in [7, 11) is 2.09. The smallest absolute Gasteiger partial charge is 0.227 e. The molecule has 0 bridgehead atoms. The van der Waals surface area contributed by atoms with E-state index in [1.165, 1.54) is 16.8 Å². The highest BCUT2D eigenvalue weighted by Crippen LogP contribution is 2.24. The SMILES string of the molecule is Cc1ccc(N2CCN(C(=O)[C@H]3CCCN(Cc4nc5ccccc5n4C)C3)CC2)cc1. The van der Waals surface area contributed by atoms with Crippen molar-refractivity contribution >= 4 is 22.6 Å². The largest absolute Gasteiger partial charge is 0.368 e. The molecule has 6 nitrogen and oxygen atoms in total. The minimum absolute atomic E-state index is 0.101. The second-order valence-electron chi connectivity index (χ2n) is 9.30. The van der Waals surface area contributed by atoms with E-state index in [0.717, 1.165) is 70.0 Å². The number of fused-ring (bicyclic) bond motifs is 1. The van der Waals surface area contributed by atoms with Gasteiger partial charge in [0.1, 0.15) is 5.82 Å². The van der Waals surface area contributed by atoms with Crippen molar-refractivity contribution in [3.8, 4) is 0 Å². The number of hydrogen-bond donors (Lipinski definition) is 0. The van der Waals surface area contributed by atoms with Crippen LogP contribution in [0.5, 0.6) is 0 Å². The summed E-state index contributed by atoms with van der Waals surface area (Å²) in [5, 5.41) is 0. The Balaban J connectivity index is 1.18. The summed E-state index contributed by atoms with van der Waals surface area (Å²) in [5.41, 5.74) is 4.75. The normalized spacial score (nSPS) is 20.1. The number of anilines is 1. The number of nitrogens with zero attached hydrogens (tertiary/aromatic N) is 5. The van der Waals surface area contributed by atoms with Crippen molar-refractivity contribution in [2.24, 2.45) is 13.0 Å². The Morgan fingerprint density at radius 1 is 1.00 bits per heavy atom. The molecule has 1 amide bonds. The number of aromatic nitrogens is 2. The third kappa shape index (κ3) is 4.24. The fourth-order valence-corrected chi connectivity index (χ4v) is 5.14. The molecular formula is C26H33N5O. The molecule has 0 unspecified atom stereocenters. The molecule has 3 aromatic rings. The molecule has 0 saturated carbocycles. The minimum Gasteiger partial charge on any atom is -0.368 e. The standard InChI is InChI=1S/C26H33N5O/c1-20-9-11-22(12-10-20)30-14-16-31(17-15-30)26(32)21-6-5-13-29(18-21)19-25-27-23-7-3-4-8-24(23)28(25)2/h3-4,7-12,21H,5-6,13-19H2,1-2H3/t21-/m0/s1. The maximum atomic E-state index is 13.3. The lowest BCUT2D eigenvalue weighted by atomic mass is 9.96. The molecule has 168 valence electrons. The monoisotopic (exact) mass is 431 g/mol. The molecule has 2 aromatic carbocycles. The third-order valence-corrected chi connectivity index (χ3v) is 7.09. The molecule has 3 heterocycles. The molecular weight excluding hydrogens is 398 g/mol. The number of carbonyl (C=O) groups is 1. The van der Waals surface area contributed by atoms with Gasteiger partial charge in [-0.25, -0.2) is 4.98 Å². The van der Waals surface area contributed by atoms with Gasteiger partial charge in [0, 0.05) is 45.5 Å². The van der Waals surface area contributed by atoms with E-state index in [1.54, 1.807) is 0 Å². The Bertz CT molecular complexity index is 1080. The predicted molar refractivity (Wildman–Crippen MR) is 129 cm³/mol. The number of amides is 1. The van der Waals surface area contributed by atoms with Crippen molar-refractivity contribution in [1.29, 1.82) is 0 Å². The van der Waals surface area contributed by atoms with Gasteiger partial charge in [0.05, 0.1) is 23.5 Å². The van der Waals surface area contributed by atoms with Crippen LogP contribution in [0.15, 0.2) is 48.5 Å². The molecule has 0 radical (unpaired) electrons. The second-order valence-corrected chi connectivity index (χ2v) is 9.30. The molecule has 0 N–H and O–H groups in total. The summed E-state index contributed by atoms with van der Waals surface area (Å²) in [6.07, 6.45) is 2.07. The molecule has 2 fully saturated rings. The van der Waals surface area contributed by atoms with E-state index in [2.05, 4.69) is 75.7 Å². The molecule has 0 aliphatic carbocycles. The van der Waals surface area contributed by atoms with Gasteiger partial charge in [-0.05, 0) is 50.6 Å². The Kier molecular flexibility index (Phi) is 5.87. The number of carbonyl (C=O) groups excluding carboxylic acids is 1. The van der Waals surface area contributed by atoms with Crippen molar-refractivity contribution < 1.29 is 4.79 Å². The van der Waals surface area contributed by atoms with Gasteiger partial charge in [-0.3, -0.25) is 9.69 Å². The number of para-hydroxylation sites is 2. The van der Waals surface area contributed by atoms with Crippen LogP contribution in [0.3, 0.4) is 0 Å². The summed E-state index contributed by atoms with van der Waals surface area (Å²) in [5.74, 6) is 1.51. The van der Waals surface area contributed by atoms with Gasteiger partial charge in [-0.2, -0.15) is 0 Å². The van der Waals surface area contributed by atoms with Gasteiger partial charge in [-0.1, -0.05) is 29.8 Å². The van der Waals surface area contributed by atoms with Gasteiger partial charge in [0.15, 0.2) is 0 Å². The van der Waals surface area contributed by atoms with E-state index in [9.17, 15) is 4.79 Å². The number of hydrogen-bond acceptors (Lipinski definition) is 4. The fraction of sp³-hybridized carbons (Fsp3) is 0.462. The highest BCUT2D eigenvalue weighted by Gasteiger charge is 2.31. The Morgan fingerprint density at radius 2 is 1.75 bits per heavy atom. The average Bonchev–Trinajstić information content (AvgIpc) is 3.15. The Morgan fingerprint density at radius 3 is 2.50 bits per heavy atom.